The number of anilines is 1. The topological polar surface area (TPSA) is 3.24 Å². The smallest absolute Gasteiger partial charge is 0.0441 e. The fourth-order valence-corrected chi connectivity index (χ4v) is 2.69. The Morgan fingerprint density at radius 3 is 2.67 bits per heavy atom. The number of allylic oxidation sites excluding steroid dienone is 1. The summed E-state index contributed by atoms with van der Waals surface area (Å²) in [5.74, 6) is 0. The molecule has 2 rings (SSSR count). The van der Waals surface area contributed by atoms with Gasteiger partial charge in [0.1, 0.15) is 0 Å². The predicted molar refractivity (Wildman–Crippen MR) is 80.0 cm³/mol. The van der Waals surface area contributed by atoms with Crippen molar-refractivity contribution >= 4 is 5.69 Å². The van der Waals surface area contributed by atoms with E-state index in [-0.39, 0.29) is 0 Å². The number of benzene rings is 1. The molecule has 1 aliphatic heterocycles. The van der Waals surface area contributed by atoms with Crippen LogP contribution in [0, 0.1) is 0 Å². The second kappa shape index (κ2) is 6.63. The predicted octanol–water partition coefficient (Wildman–Crippen LogP) is 4.92. The van der Waals surface area contributed by atoms with Crippen molar-refractivity contribution in [3.05, 3.63) is 41.6 Å². The molecule has 1 heteroatoms. The molecule has 1 aromatic carbocycles. The summed E-state index contributed by atoms with van der Waals surface area (Å²) in [5, 5.41) is 0. The van der Waals surface area contributed by atoms with Crippen molar-refractivity contribution in [2.45, 2.75) is 52.4 Å². The van der Waals surface area contributed by atoms with Crippen molar-refractivity contribution in [2.24, 2.45) is 0 Å². The molecule has 0 N–H and O–H groups in total. The van der Waals surface area contributed by atoms with Crippen LogP contribution in [0.5, 0.6) is 0 Å². The number of rotatable bonds is 6. The van der Waals surface area contributed by atoms with E-state index in [9.17, 15) is 0 Å². The molecule has 0 aliphatic carbocycles. The standard InChI is InChI=1S/C17H25N/c1-3-4-5-6-9-12-18-14-15(2)13-16-10-7-8-11-17(16)18/h7-8,10-11,14H,3-6,9,12-13H2,1-2H3. The van der Waals surface area contributed by atoms with E-state index in [1.807, 2.05) is 0 Å². The van der Waals surface area contributed by atoms with Crippen LogP contribution in [-0.4, -0.2) is 6.54 Å². The van der Waals surface area contributed by atoms with E-state index in [0.29, 0.717) is 0 Å². The van der Waals surface area contributed by atoms with Gasteiger partial charge in [-0.05, 0) is 31.4 Å². The molecule has 0 saturated heterocycles. The maximum atomic E-state index is 2.44. The van der Waals surface area contributed by atoms with Crippen molar-refractivity contribution < 1.29 is 0 Å². The molecule has 1 heterocycles. The van der Waals surface area contributed by atoms with Crippen LogP contribution in [0.1, 0.15) is 51.5 Å². The molecule has 0 radical (unpaired) electrons. The maximum Gasteiger partial charge on any atom is 0.0441 e. The highest BCUT2D eigenvalue weighted by molar-refractivity contribution is 5.59. The normalized spacial score (nSPS) is 14.3. The Morgan fingerprint density at radius 2 is 1.83 bits per heavy atom. The largest absolute Gasteiger partial charge is 0.348 e. The zero-order valence-electron chi connectivity index (χ0n) is 11.8. The van der Waals surface area contributed by atoms with Gasteiger partial charge in [0.2, 0.25) is 0 Å². The summed E-state index contributed by atoms with van der Waals surface area (Å²) in [4.78, 5) is 2.44. The van der Waals surface area contributed by atoms with Gasteiger partial charge in [-0.15, -0.1) is 0 Å². The molecule has 0 aromatic heterocycles. The third kappa shape index (κ3) is 3.38. The van der Waals surface area contributed by atoms with Crippen LogP contribution < -0.4 is 4.90 Å². The van der Waals surface area contributed by atoms with Gasteiger partial charge in [-0.1, -0.05) is 56.4 Å². The average Bonchev–Trinajstić information content (AvgIpc) is 2.38. The first-order chi connectivity index (χ1) is 8.81. The Bertz CT molecular complexity index is 406. The van der Waals surface area contributed by atoms with Gasteiger partial charge in [-0.25, -0.2) is 0 Å². The third-order valence-corrected chi connectivity index (χ3v) is 3.65. The lowest BCUT2D eigenvalue weighted by Crippen LogP contribution is -2.22. The molecule has 0 saturated carbocycles. The number of unbranched alkanes of at least 4 members (excludes halogenated alkanes) is 4. The van der Waals surface area contributed by atoms with E-state index in [2.05, 4.69) is 49.2 Å². The van der Waals surface area contributed by atoms with Gasteiger partial charge in [-0.2, -0.15) is 0 Å². The molecule has 1 nitrogen and oxygen atoms in total. The molecule has 0 spiro atoms. The minimum atomic E-state index is 1.11. The van der Waals surface area contributed by atoms with Crippen LogP contribution in [-0.2, 0) is 6.42 Å². The molecular formula is C17H25N. The van der Waals surface area contributed by atoms with Gasteiger partial charge in [0.15, 0.2) is 0 Å². The zero-order valence-corrected chi connectivity index (χ0v) is 11.8. The number of fused-ring (bicyclic) bond motifs is 1. The maximum absolute atomic E-state index is 2.44. The van der Waals surface area contributed by atoms with Crippen LogP contribution in [0.2, 0.25) is 0 Å². The lowest BCUT2D eigenvalue weighted by molar-refractivity contribution is 0.631. The highest BCUT2D eigenvalue weighted by Gasteiger charge is 2.14. The van der Waals surface area contributed by atoms with E-state index in [1.165, 1.54) is 48.9 Å². The monoisotopic (exact) mass is 243 g/mol. The molecule has 0 bridgehead atoms. The molecule has 0 amide bonds. The van der Waals surface area contributed by atoms with Gasteiger partial charge >= 0.3 is 0 Å². The van der Waals surface area contributed by atoms with Crippen molar-refractivity contribution in [3.8, 4) is 0 Å². The lowest BCUT2D eigenvalue weighted by atomic mass is 10.0. The molecule has 0 unspecified atom stereocenters. The number of nitrogens with zero attached hydrogens (tertiary/aromatic N) is 1. The summed E-state index contributed by atoms with van der Waals surface area (Å²) >= 11 is 0. The first-order valence-corrected chi connectivity index (χ1v) is 7.33. The molecule has 98 valence electrons. The second-order valence-corrected chi connectivity index (χ2v) is 5.39. The minimum absolute atomic E-state index is 1.11. The fraction of sp³-hybridized carbons (Fsp3) is 0.529. The van der Waals surface area contributed by atoms with Gasteiger partial charge in [-0.3, -0.25) is 0 Å². The van der Waals surface area contributed by atoms with E-state index >= 15 is 0 Å². The van der Waals surface area contributed by atoms with Gasteiger partial charge in [0.05, 0.1) is 0 Å². The van der Waals surface area contributed by atoms with Gasteiger partial charge in [0, 0.05) is 18.4 Å². The molecule has 1 aromatic rings. The van der Waals surface area contributed by atoms with Crippen molar-refractivity contribution in [1.29, 1.82) is 0 Å². The summed E-state index contributed by atoms with van der Waals surface area (Å²) in [6.07, 6.45) is 10.2. The average molecular weight is 243 g/mol. The van der Waals surface area contributed by atoms with Gasteiger partial charge in [0.25, 0.3) is 0 Å². The minimum Gasteiger partial charge on any atom is -0.348 e. The Labute approximate surface area is 112 Å². The van der Waals surface area contributed by atoms with Crippen LogP contribution in [0.15, 0.2) is 36.0 Å². The molecule has 18 heavy (non-hydrogen) atoms. The van der Waals surface area contributed by atoms with Crippen LogP contribution >= 0.6 is 0 Å². The van der Waals surface area contributed by atoms with Crippen molar-refractivity contribution in [1.82, 2.24) is 0 Å². The Kier molecular flexibility index (Phi) is 4.86. The Morgan fingerprint density at radius 1 is 1.06 bits per heavy atom. The summed E-state index contributed by atoms with van der Waals surface area (Å²) < 4.78 is 0. The summed E-state index contributed by atoms with van der Waals surface area (Å²) in [6.45, 7) is 5.67. The fourth-order valence-electron chi connectivity index (χ4n) is 2.69. The Balaban J connectivity index is 1.92. The van der Waals surface area contributed by atoms with Crippen LogP contribution in [0.25, 0.3) is 0 Å². The zero-order chi connectivity index (χ0) is 12.8. The first kappa shape index (κ1) is 13.2. The van der Waals surface area contributed by atoms with E-state index in [4.69, 9.17) is 0 Å². The van der Waals surface area contributed by atoms with Crippen molar-refractivity contribution in [2.75, 3.05) is 11.4 Å². The molecule has 0 atom stereocenters. The lowest BCUT2D eigenvalue weighted by Gasteiger charge is -2.28. The van der Waals surface area contributed by atoms with E-state index in [0.717, 1.165) is 13.0 Å². The highest BCUT2D eigenvalue weighted by atomic mass is 15.1. The van der Waals surface area contributed by atoms with E-state index in [1.54, 1.807) is 0 Å². The third-order valence-electron chi connectivity index (χ3n) is 3.65. The molecular weight excluding hydrogens is 218 g/mol. The summed E-state index contributed by atoms with van der Waals surface area (Å²) in [7, 11) is 0. The molecule has 0 fully saturated rings. The SMILES string of the molecule is CCCCCCCN1C=C(C)Cc2ccccc21. The second-order valence-electron chi connectivity index (χ2n) is 5.39. The summed E-state index contributed by atoms with van der Waals surface area (Å²) in [6, 6.07) is 8.81. The quantitative estimate of drug-likeness (QED) is 0.641. The van der Waals surface area contributed by atoms with Crippen molar-refractivity contribution in [3.63, 3.8) is 0 Å². The van der Waals surface area contributed by atoms with Gasteiger partial charge < -0.3 is 4.90 Å². The summed E-state index contributed by atoms with van der Waals surface area (Å²) in [5.41, 5.74) is 4.37. The highest BCUT2D eigenvalue weighted by Crippen LogP contribution is 2.28. The van der Waals surface area contributed by atoms with E-state index < -0.39 is 0 Å². The first-order valence-electron chi connectivity index (χ1n) is 7.33. The number of hydrogen-bond donors (Lipinski definition) is 0. The number of para-hydroxylation sites is 1. The van der Waals surface area contributed by atoms with Crippen LogP contribution in [0.4, 0.5) is 5.69 Å². The molecule has 1 aliphatic rings. The number of hydrogen-bond acceptors (Lipinski definition) is 1. The Hall–Kier alpha value is -1.24. The van der Waals surface area contributed by atoms with Crippen LogP contribution in [0.3, 0.4) is 0 Å².